The quantitative estimate of drug-likeness (QED) is 0.369. The number of nitro benzene ring substituents is 1. The summed E-state index contributed by atoms with van der Waals surface area (Å²) in [6.45, 7) is 1.96. The van der Waals surface area contributed by atoms with Crippen LogP contribution in [0.15, 0.2) is 52.1 Å². The van der Waals surface area contributed by atoms with E-state index in [1.165, 1.54) is 18.2 Å². The second-order valence-electron chi connectivity index (χ2n) is 5.50. The predicted octanol–water partition coefficient (Wildman–Crippen LogP) is 4.34. The Morgan fingerprint density at radius 2 is 2.11 bits per heavy atom. The van der Waals surface area contributed by atoms with Gasteiger partial charge in [0.1, 0.15) is 5.02 Å². The third kappa shape index (κ3) is 4.83. The molecule has 27 heavy (non-hydrogen) atoms. The number of rotatable bonds is 6. The van der Waals surface area contributed by atoms with Gasteiger partial charge in [-0.2, -0.15) is 0 Å². The number of aromatic nitrogens is 2. The minimum Gasteiger partial charge on any atom is -0.411 e. The predicted molar refractivity (Wildman–Crippen MR) is 102 cm³/mol. The van der Waals surface area contributed by atoms with Gasteiger partial charge in [-0.05, 0) is 31.2 Å². The smallest absolute Gasteiger partial charge is 0.289 e. The number of hydrogen-bond acceptors (Lipinski definition) is 7. The van der Waals surface area contributed by atoms with Crippen LogP contribution in [0.5, 0.6) is 0 Å². The maximum absolute atomic E-state index is 12.0. The van der Waals surface area contributed by atoms with Crippen LogP contribution in [0.1, 0.15) is 5.56 Å². The molecule has 0 spiro atoms. The molecule has 3 aromatic rings. The van der Waals surface area contributed by atoms with Gasteiger partial charge in [0.15, 0.2) is 0 Å². The Balaban J connectivity index is 1.60. The van der Waals surface area contributed by atoms with Crippen molar-refractivity contribution in [1.29, 1.82) is 0 Å². The van der Waals surface area contributed by atoms with Crippen LogP contribution in [-0.4, -0.2) is 26.8 Å². The lowest BCUT2D eigenvalue weighted by atomic mass is 10.1. The molecule has 8 nitrogen and oxygen atoms in total. The minimum atomic E-state index is -0.613. The molecule has 0 fully saturated rings. The van der Waals surface area contributed by atoms with Crippen molar-refractivity contribution in [3.05, 3.63) is 63.2 Å². The number of anilines is 1. The molecular formula is C17H13ClN4O4S. The molecule has 0 saturated heterocycles. The molecule has 0 atom stereocenters. The van der Waals surface area contributed by atoms with Crippen LogP contribution in [0.3, 0.4) is 0 Å². The second kappa shape index (κ2) is 8.19. The zero-order chi connectivity index (χ0) is 19.4. The lowest BCUT2D eigenvalue weighted by molar-refractivity contribution is -0.384. The fraction of sp³-hybridized carbons (Fsp3) is 0.118. The molecule has 10 heteroatoms. The highest BCUT2D eigenvalue weighted by Gasteiger charge is 2.15. The average molecular weight is 405 g/mol. The molecule has 1 heterocycles. The van der Waals surface area contributed by atoms with Gasteiger partial charge in [0.05, 0.1) is 10.7 Å². The van der Waals surface area contributed by atoms with Crippen LogP contribution in [0.25, 0.3) is 11.5 Å². The molecule has 1 amide bonds. The van der Waals surface area contributed by atoms with Gasteiger partial charge in [0.25, 0.3) is 10.9 Å². The van der Waals surface area contributed by atoms with Crippen molar-refractivity contribution in [3.8, 4) is 11.5 Å². The summed E-state index contributed by atoms with van der Waals surface area (Å²) in [6, 6.07) is 11.7. The Hall–Kier alpha value is -2.91. The molecule has 0 aliphatic carbocycles. The summed E-state index contributed by atoms with van der Waals surface area (Å²) in [5.74, 6) is 0.00755. The molecule has 0 radical (unpaired) electrons. The highest BCUT2D eigenvalue weighted by atomic mass is 35.5. The van der Waals surface area contributed by atoms with Crippen LogP contribution in [-0.2, 0) is 4.79 Å². The standard InChI is InChI=1S/C17H13ClN4O4S/c1-10-3-2-4-11(7-10)16-20-21-17(26-16)27-9-15(23)19-12-5-6-13(18)14(8-12)22(24)25/h2-8H,9H2,1H3,(H,19,23). The van der Waals surface area contributed by atoms with Crippen molar-refractivity contribution in [2.24, 2.45) is 0 Å². The van der Waals surface area contributed by atoms with Gasteiger partial charge in [0.2, 0.25) is 11.8 Å². The number of carbonyl (C=O) groups excluding carboxylic acids is 1. The van der Waals surface area contributed by atoms with Crippen LogP contribution < -0.4 is 5.32 Å². The SMILES string of the molecule is Cc1cccc(-c2nnc(SCC(=O)Nc3ccc(Cl)c([N+](=O)[O-])c3)o2)c1. The van der Waals surface area contributed by atoms with Gasteiger partial charge < -0.3 is 9.73 Å². The molecule has 138 valence electrons. The maximum Gasteiger partial charge on any atom is 0.289 e. The molecule has 0 saturated carbocycles. The van der Waals surface area contributed by atoms with Gasteiger partial charge in [-0.15, -0.1) is 10.2 Å². The first kappa shape index (κ1) is 18.9. The molecule has 0 unspecified atom stereocenters. The summed E-state index contributed by atoms with van der Waals surface area (Å²) in [5, 5.41) is 21.6. The Morgan fingerprint density at radius 3 is 2.85 bits per heavy atom. The number of nitrogens with one attached hydrogen (secondary N) is 1. The first-order chi connectivity index (χ1) is 12.9. The summed E-state index contributed by atoms with van der Waals surface area (Å²) in [7, 11) is 0. The molecule has 3 rings (SSSR count). The molecule has 0 aliphatic heterocycles. The highest BCUT2D eigenvalue weighted by molar-refractivity contribution is 7.99. The Kier molecular flexibility index (Phi) is 5.72. The van der Waals surface area contributed by atoms with E-state index in [2.05, 4.69) is 15.5 Å². The Labute approximate surface area is 163 Å². The topological polar surface area (TPSA) is 111 Å². The van der Waals surface area contributed by atoms with Gasteiger partial charge in [-0.3, -0.25) is 14.9 Å². The van der Waals surface area contributed by atoms with Gasteiger partial charge in [-0.25, -0.2) is 0 Å². The normalized spacial score (nSPS) is 10.6. The van der Waals surface area contributed by atoms with Crippen molar-refractivity contribution in [2.75, 3.05) is 11.1 Å². The van der Waals surface area contributed by atoms with Crippen LogP contribution in [0, 0.1) is 17.0 Å². The summed E-state index contributed by atoms with van der Waals surface area (Å²) in [5.41, 5.74) is 1.87. The van der Waals surface area contributed by atoms with Gasteiger partial charge in [-0.1, -0.05) is 41.1 Å². The number of carbonyl (C=O) groups is 1. The zero-order valence-corrected chi connectivity index (χ0v) is 15.6. The fourth-order valence-corrected chi connectivity index (χ4v) is 2.97. The van der Waals surface area contributed by atoms with Crippen molar-refractivity contribution < 1.29 is 14.1 Å². The fourth-order valence-electron chi connectivity index (χ4n) is 2.22. The lowest BCUT2D eigenvalue weighted by Gasteiger charge is -2.04. The number of halogens is 1. The van der Waals surface area contributed by atoms with Crippen LogP contribution in [0.4, 0.5) is 11.4 Å². The van der Waals surface area contributed by atoms with Gasteiger partial charge in [0, 0.05) is 17.3 Å². The highest BCUT2D eigenvalue weighted by Crippen LogP contribution is 2.28. The molecular weight excluding hydrogens is 392 g/mol. The summed E-state index contributed by atoms with van der Waals surface area (Å²) >= 11 is 6.81. The second-order valence-corrected chi connectivity index (χ2v) is 6.84. The lowest BCUT2D eigenvalue weighted by Crippen LogP contribution is -2.14. The van der Waals surface area contributed by atoms with Crippen molar-refractivity contribution in [3.63, 3.8) is 0 Å². The number of hydrogen-bond donors (Lipinski definition) is 1. The zero-order valence-electron chi connectivity index (χ0n) is 14.0. The minimum absolute atomic E-state index is 0.00177. The number of benzene rings is 2. The summed E-state index contributed by atoms with van der Waals surface area (Å²) in [6.07, 6.45) is 0. The van der Waals surface area contributed by atoms with E-state index in [0.29, 0.717) is 5.89 Å². The van der Waals surface area contributed by atoms with E-state index in [-0.39, 0.29) is 33.3 Å². The molecule has 2 aromatic carbocycles. The number of thioether (sulfide) groups is 1. The van der Waals surface area contributed by atoms with Crippen LogP contribution in [0.2, 0.25) is 5.02 Å². The number of amides is 1. The van der Waals surface area contributed by atoms with E-state index in [1.54, 1.807) is 0 Å². The molecule has 1 aromatic heterocycles. The van der Waals surface area contributed by atoms with Crippen molar-refractivity contribution >= 4 is 40.6 Å². The number of nitrogens with zero attached hydrogens (tertiary/aromatic N) is 3. The monoisotopic (exact) mass is 404 g/mol. The third-order valence-corrected chi connectivity index (χ3v) is 4.56. The first-order valence-corrected chi connectivity index (χ1v) is 9.06. The first-order valence-electron chi connectivity index (χ1n) is 7.69. The van der Waals surface area contributed by atoms with E-state index in [0.717, 1.165) is 22.9 Å². The summed E-state index contributed by atoms with van der Waals surface area (Å²) in [4.78, 5) is 22.3. The van der Waals surface area contributed by atoms with E-state index < -0.39 is 4.92 Å². The van der Waals surface area contributed by atoms with Crippen molar-refractivity contribution in [2.45, 2.75) is 12.1 Å². The Bertz CT molecular complexity index is 1010. The van der Waals surface area contributed by atoms with E-state index in [4.69, 9.17) is 16.0 Å². The number of nitro groups is 1. The molecule has 0 bridgehead atoms. The number of aryl methyl sites for hydroxylation is 1. The largest absolute Gasteiger partial charge is 0.411 e. The van der Waals surface area contributed by atoms with Crippen LogP contribution >= 0.6 is 23.4 Å². The van der Waals surface area contributed by atoms with Crippen molar-refractivity contribution in [1.82, 2.24) is 10.2 Å². The van der Waals surface area contributed by atoms with E-state index >= 15 is 0 Å². The third-order valence-electron chi connectivity index (χ3n) is 3.42. The average Bonchev–Trinajstić information content (AvgIpc) is 3.10. The van der Waals surface area contributed by atoms with E-state index in [1.807, 2.05) is 31.2 Å². The maximum atomic E-state index is 12.0. The van der Waals surface area contributed by atoms with E-state index in [9.17, 15) is 14.9 Å². The Morgan fingerprint density at radius 1 is 1.30 bits per heavy atom. The van der Waals surface area contributed by atoms with Gasteiger partial charge >= 0.3 is 0 Å². The summed E-state index contributed by atoms with van der Waals surface area (Å²) < 4.78 is 5.55. The molecule has 1 N–H and O–H groups in total. The molecule has 0 aliphatic rings.